The Balaban J connectivity index is 1.61. The van der Waals surface area contributed by atoms with Crippen LogP contribution in [0.25, 0.3) is 0 Å². The number of carbonyl (C=O) groups excluding carboxylic acids is 1. The Labute approximate surface area is 163 Å². The summed E-state index contributed by atoms with van der Waals surface area (Å²) in [6.45, 7) is 3.92. The highest BCUT2D eigenvalue weighted by atomic mass is 32.2. The molecule has 1 fully saturated rings. The van der Waals surface area contributed by atoms with Crippen LogP contribution in [0.2, 0.25) is 0 Å². The third kappa shape index (κ3) is 4.44. The maximum Gasteiger partial charge on any atom is 0.269 e. The fraction of sp³-hybridized carbons (Fsp3) is 0.316. The van der Waals surface area contributed by atoms with E-state index in [1.54, 1.807) is 12.1 Å². The van der Waals surface area contributed by atoms with E-state index in [1.807, 2.05) is 0 Å². The first kappa shape index (κ1) is 20.1. The molecule has 1 aliphatic heterocycles. The summed E-state index contributed by atoms with van der Waals surface area (Å²) in [5.41, 5.74) is 1.48. The van der Waals surface area contributed by atoms with E-state index in [-0.39, 0.29) is 16.4 Å². The van der Waals surface area contributed by atoms with Crippen LogP contribution in [0.4, 0.5) is 5.69 Å². The lowest BCUT2D eigenvalue weighted by Gasteiger charge is -2.34. The van der Waals surface area contributed by atoms with Crippen molar-refractivity contribution in [3.05, 3.63) is 69.8 Å². The van der Waals surface area contributed by atoms with E-state index in [2.05, 4.69) is 4.90 Å². The Bertz CT molecular complexity index is 964. The Kier molecular flexibility index (Phi) is 5.87. The molecule has 2 aromatic rings. The highest BCUT2D eigenvalue weighted by Gasteiger charge is 2.28. The molecule has 3 rings (SSSR count). The van der Waals surface area contributed by atoms with Crippen LogP contribution in [0.5, 0.6) is 0 Å². The first-order valence-corrected chi connectivity index (χ1v) is 10.3. The van der Waals surface area contributed by atoms with Gasteiger partial charge in [0.15, 0.2) is 5.78 Å². The second-order valence-corrected chi connectivity index (χ2v) is 8.62. The smallest absolute Gasteiger partial charge is 0.269 e. The minimum absolute atomic E-state index is 0.0513. The normalized spacial score (nSPS) is 16.0. The molecule has 8 nitrogen and oxygen atoms in total. The number of nitrogens with zero attached hydrogens (tertiary/aromatic N) is 3. The maximum absolute atomic E-state index is 12.8. The van der Waals surface area contributed by atoms with Crippen molar-refractivity contribution in [3.8, 4) is 0 Å². The standard InChI is InChI=1S/C19H21N3O5S/c1-15(23)17-4-8-19(9-5-17)28(26,27)21-12-10-20(11-13-21)14-16-2-6-18(7-3-16)22(24)25/h2-9H,10-14H2,1H3. The van der Waals surface area contributed by atoms with Gasteiger partial charge in [-0.15, -0.1) is 0 Å². The van der Waals surface area contributed by atoms with Gasteiger partial charge < -0.3 is 0 Å². The van der Waals surface area contributed by atoms with Crippen molar-refractivity contribution in [2.75, 3.05) is 26.2 Å². The average molecular weight is 403 g/mol. The number of piperazine rings is 1. The van der Waals surface area contributed by atoms with Crippen molar-refractivity contribution in [3.63, 3.8) is 0 Å². The van der Waals surface area contributed by atoms with Crippen LogP contribution in [0.15, 0.2) is 53.4 Å². The van der Waals surface area contributed by atoms with E-state index in [4.69, 9.17) is 0 Å². The average Bonchev–Trinajstić information content (AvgIpc) is 2.69. The molecule has 0 aromatic heterocycles. The maximum atomic E-state index is 12.8. The van der Waals surface area contributed by atoms with Gasteiger partial charge in [-0.05, 0) is 24.6 Å². The molecule has 1 aliphatic rings. The fourth-order valence-corrected chi connectivity index (χ4v) is 4.54. The Morgan fingerprint density at radius 2 is 1.57 bits per heavy atom. The molecule has 148 valence electrons. The summed E-state index contributed by atoms with van der Waals surface area (Å²) < 4.78 is 27.0. The lowest BCUT2D eigenvalue weighted by atomic mass is 10.2. The zero-order valence-corrected chi connectivity index (χ0v) is 16.3. The van der Waals surface area contributed by atoms with Crippen molar-refractivity contribution in [1.29, 1.82) is 0 Å². The third-order valence-electron chi connectivity index (χ3n) is 4.78. The van der Waals surface area contributed by atoms with Gasteiger partial charge >= 0.3 is 0 Å². The van der Waals surface area contributed by atoms with Crippen molar-refractivity contribution < 1.29 is 18.1 Å². The number of nitro groups is 1. The van der Waals surface area contributed by atoms with E-state index >= 15 is 0 Å². The van der Waals surface area contributed by atoms with Gasteiger partial charge in [-0.3, -0.25) is 19.8 Å². The van der Waals surface area contributed by atoms with Crippen LogP contribution in [0.1, 0.15) is 22.8 Å². The second kappa shape index (κ2) is 8.17. The fourth-order valence-electron chi connectivity index (χ4n) is 3.12. The molecule has 1 heterocycles. The molecule has 0 atom stereocenters. The van der Waals surface area contributed by atoms with Crippen molar-refractivity contribution >= 4 is 21.5 Å². The van der Waals surface area contributed by atoms with Crippen LogP contribution in [-0.4, -0.2) is 54.5 Å². The minimum Gasteiger partial charge on any atom is -0.296 e. The molecule has 0 aliphatic carbocycles. The quantitative estimate of drug-likeness (QED) is 0.417. The van der Waals surface area contributed by atoms with Gasteiger partial charge in [0.25, 0.3) is 5.69 Å². The first-order valence-electron chi connectivity index (χ1n) is 8.84. The predicted molar refractivity (Wildman–Crippen MR) is 104 cm³/mol. The third-order valence-corrected chi connectivity index (χ3v) is 6.70. The van der Waals surface area contributed by atoms with Crippen LogP contribution >= 0.6 is 0 Å². The molecule has 0 bridgehead atoms. The number of benzene rings is 2. The summed E-state index contributed by atoms with van der Waals surface area (Å²) in [7, 11) is -3.60. The monoisotopic (exact) mass is 403 g/mol. The van der Waals surface area contributed by atoms with Gasteiger partial charge in [0.2, 0.25) is 10.0 Å². The zero-order valence-electron chi connectivity index (χ0n) is 15.4. The van der Waals surface area contributed by atoms with Gasteiger partial charge in [0.05, 0.1) is 9.82 Å². The number of nitro benzene ring substituents is 1. The van der Waals surface area contributed by atoms with E-state index in [0.717, 1.165) is 5.56 Å². The van der Waals surface area contributed by atoms with Gasteiger partial charge in [-0.2, -0.15) is 4.31 Å². The molecule has 0 amide bonds. The number of rotatable bonds is 6. The molecular weight excluding hydrogens is 382 g/mol. The molecule has 1 saturated heterocycles. The highest BCUT2D eigenvalue weighted by molar-refractivity contribution is 7.89. The van der Waals surface area contributed by atoms with Crippen LogP contribution in [-0.2, 0) is 16.6 Å². The molecule has 0 saturated carbocycles. The second-order valence-electron chi connectivity index (χ2n) is 6.68. The van der Waals surface area contributed by atoms with Gasteiger partial charge in [0.1, 0.15) is 0 Å². The number of Topliss-reactive ketones (excluding diaryl/α,β-unsaturated/α-hetero) is 1. The largest absolute Gasteiger partial charge is 0.296 e. The van der Waals surface area contributed by atoms with Gasteiger partial charge in [-0.25, -0.2) is 8.42 Å². The number of sulfonamides is 1. The highest BCUT2D eigenvalue weighted by Crippen LogP contribution is 2.20. The van der Waals surface area contributed by atoms with Gasteiger partial charge in [0, 0.05) is 50.4 Å². The number of non-ortho nitro benzene ring substituents is 1. The lowest BCUT2D eigenvalue weighted by molar-refractivity contribution is -0.384. The minimum atomic E-state index is -3.60. The molecule has 0 unspecified atom stereocenters. The zero-order chi connectivity index (χ0) is 20.3. The summed E-state index contributed by atoms with van der Waals surface area (Å²) >= 11 is 0. The number of ketones is 1. The number of hydrogen-bond acceptors (Lipinski definition) is 6. The molecule has 0 spiro atoms. The van der Waals surface area contributed by atoms with Crippen LogP contribution in [0, 0.1) is 10.1 Å². The summed E-state index contributed by atoms with van der Waals surface area (Å²) in [5, 5.41) is 10.7. The molecule has 9 heteroatoms. The number of hydrogen-bond donors (Lipinski definition) is 0. The van der Waals surface area contributed by atoms with Gasteiger partial charge in [-0.1, -0.05) is 24.3 Å². The lowest BCUT2D eigenvalue weighted by Crippen LogP contribution is -2.48. The van der Waals surface area contributed by atoms with Crippen molar-refractivity contribution in [2.24, 2.45) is 0 Å². The van der Waals surface area contributed by atoms with E-state index in [9.17, 15) is 23.3 Å². The van der Waals surface area contributed by atoms with Crippen LogP contribution in [0.3, 0.4) is 0 Å². The van der Waals surface area contributed by atoms with E-state index in [0.29, 0.717) is 38.3 Å². The first-order chi connectivity index (χ1) is 13.3. The Morgan fingerprint density at radius 3 is 2.07 bits per heavy atom. The summed E-state index contributed by atoms with van der Waals surface area (Å²) in [4.78, 5) is 23.9. The van der Waals surface area contributed by atoms with E-state index < -0.39 is 14.9 Å². The Morgan fingerprint density at radius 1 is 1.00 bits per heavy atom. The number of carbonyl (C=O) groups is 1. The summed E-state index contributed by atoms with van der Waals surface area (Å²) in [5.74, 6) is -0.108. The topological polar surface area (TPSA) is 101 Å². The van der Waals surface area contributed by atoms with Crippen molar-refractivity contribution in [1.82, 2.24) is 9.21 Å². The predicted octanol–water partition coefficient (Wildman–Crippen LogP) is 2.30. The molecule has 0 N–H and O–H groups in total. The molecule has 28 heavy (non-hydrogen) atoms. The Hall–Kier alpha value is -2.62. The molecule has 2 aromatic carbocycles. The summed E-state index contributed by atoms with van der Waals surface area (Å²) in [6.07, 6.45) is 0. The summed E-state index contributed by atoms with van der Waals surface area (Å²) in [6, 6.07) is 12.4. The molecule has 0 radical (unpaired) electrons. The van der Waals surface area contributed by atoms with Crippen LogP contribution < -0.4 is 0 Å². The van der Waals surface area contributed by atoms with Crippen molar-refractivity contribution in [2.45, 2.75) is 18.4 Å². The SMILES string of the molecule is CC(=O)c1ccc(S(=O)(=O)N2CCN(Cc3ccc([N+](=O)[O-])cc3)CC2)cc1. The molecular formula is C19H21N3O5S. The van der Waals surface area contributed by atoms with E-state index in [1.165, 1.54) is 47.6 Å².